The van der Waals surface area contributed by atoms with Crippen LogP contribution in [0.15, 0.2) is 36.7 Å². The maximum Gasteiger partial charge on any atom is 0.413 e. The fourth-order valence-electron chi connectivity index (χ4n) is 1.55. The monoisotopic (exact) mass is 276 g/mol. The Kier molecular flexibility index (Phi) is 3.94. The topological polar surface area (TPSA) is 99.3 Å². The second-order valence-corrected chi connectivity index (χ2v) is 3.97. The van der Waals surface area contributed by atoms with Crippen LogP contribution < -0.4 is 5.32 Å². The molecule has 8 nitrogen and oxygen atoms in total. The second kappa shape index (κ2) is 5.83. The molecule has 104 valence electrons. The number of imidazole rings is 1. The van der Waals surface area contributed by atoms with Gasteiger partial charge in [0.15, 0.2) is 0 Å². The molecule has 1 aromatic carbocycles. The van der Waals surface area contributed by atoms with E-state index in [0.29, 0.717) is 0 Å². The summed E-state index contributed by atoms with van der Waals surface area (Å²) < 4.78 is 6.31. The zero-order chi connectivity index (χ0) is 14.5. The molecule has 2 rings (SSSR count). The van der Waals surface area contributed by atoms with Crippen molar-refractivity contribution in [2.45, 2.75) is 6.61 Å². The summed E-state index contributed by atoms with van der Waals surface area (Å²) in [7, 11) is 1.53. The number of rotatable bonds is 4. The van der Waals surface area contributed by atoms with Gasteiger partial charge in [0.2, 0.25) is 12.1 Å². The standard InChI is InChI=1S/C12H12N4O4/c1-15-8-13-10(16(18)19)11(15)14-12(17)20-7-9-5-3-2-4-6-9/h2-6,8H,7H2,1H3,(H,14,17). The van der Waals surface area contributed by atoms with Crippen molar-refractivity contribution in [2.75, 3.05) is 5.32 Å². The normalized spacial score (nSPS) is 10.1. The number of nitro groups is 1. The van der Waals surface area contributed by atoms with E-state index in [9.17, 15) is 14.9 Å². The first-order chi connectivity index (χ1) is 9.58. The predicted molar refractivity (Wildman–Crippen MR) is 70.1 cm³/mol. The minimum absolute atomic E-state index is 0.0203. The number of hydrogen-bond donors (Lipinski definition) is 1. The quantitative estimate of drug-likeness (QED) is 0.680. The van der Waals surface area contributed by atoms with Crippen molar-refractivity contribution in [1.82, 2.24) is 9.55 Å². The summed E-state index contributed by atoms with van der Waals surface area (Å²) in [6.07, 6.45) is 0.464. The highest BCUT2D eigenvalue weighted by Crippen LogP contribution is 2.21. The lowest BCUT2D eigenvalue weighted by Crippen LogP contribution is -2.16. The zero-order valence-corrected chi connectivity index (χ0v) is 10.6. The summed E-state index contributed by atoms with van der Waals surface area (Å²) in [4.78, 5) is 25.3. The zero-order valence-electron chi connectivity index (χ0n) is 10.6. The average molecular weight is 276 g/mol. The van der Waals surface area contributed by atoms with Gasteiger partial charge in [-0.15, -0.1) is 0 Å². The number of hydrogen-bond acceptors (Lipinski definition) is 5. The Hall–Kier alpha value is -2.90. The molecule has 0 bridgehead atoms. The maximum absolute atomic E-state index is 11.6. The number of anilines is 1. The molecule has 0 spiro atoms. The van der Waals surface area contributed by atoms with E-state index in [2.05, 4.69) is 10.3 Å². The van der Waals surface area contributed by atoms with E-state index >= 15 is 0 Å². The molecule has 1 N–H and O–H groups in total. The largest absolute Gasteiger partial charge is 0.444 e. The molecule has 0 aliphatic rings. The van der Waals surface area contributed by atoms with Crippen molar-refractivity contribution in [1.29, 1.82) is 0 Å². The van der Waals surface area contributed by atoms with Crippen LogP contribution in [0.2, 0.25) is 0 Å². The van der Waals surface area contributed by atoms with Crippen molar-refractivity contribution >= 4 is 17.7 Å². The van der Waals surface area contributed by atoms with Crippen LogP contribution in [0, 0.1) is 10.1 Å². The Bertz CT molecular complexity index is 624. The van der Waals surface area contributed by atoms with Crippen LogP contribution >= 0.6 is 0 Å². The summed E-state index contributed by atoms with van der Waals surface area (Å²) in [5, 5.41) is 13.0. The Morgan fingerprint density at radius 2 is 2.15 bits per heavy atom. The molecule has 1 amide bonds. The molecule has 0 radical (unpaired) electrons. The molecule has 1 aromatic heterocycles. The van der Waals surface area contributed by atoms with E-state index in [1.165, 1.54) is 17.9 Å². The molecule has 2 aromatic rings. The molecule has 0 aliphatic carbocycles. The first-order valence-corrected chi connectivity index (χ1v) is 5.71. The lowest BCUT2D eigenvalue weighted by atomic mass is 10.2. The smallest absolute Gasteiger partial charge is 0.413 e. The van der Waals surface area contributed by atoms with E-state index < -0.39 is 16.8 Å². The second-order valence-electron chi connectivity index (χ2n) is 3.97. The fourth-order valence-corrected chi connectivity index (χ4v) is 1.55. The van der Waals surface area contributed by atoms with Gasteiger partial charge in [0.05, 0.1) is 0 Å². The number of aromatic nitrogens is 2. The average Bonchev–Trinajstić information content (AvgIpc) is 2.79. The first-order valence-electron chi connectivity index (χ1n) is 5.71. The summed E-state index contributed by atoms with van der Waals surface area (Å²) in [5.74, 6) is -0.447. The van der Waals surface area contributed by atoms with Gasteiger partial charge in [0, 0.05) is 7.05 Å². The molecular weight excluding hydrogens is 264 g/mol. The third-order valence-corrected chi connectivity index (χ3v) is 2.52. The summed E-state index contributed by atoms with van der Waals surface area (Å²) in [6.45, 7) is 0.0817. The van der Waals surface area contributed by atoms with Gasteiger partial charge in [0.25, 0.3) is 0 Å². The van der Waals surface area contributed by atoms with Crippen LogP contribution in [0.4, 0.5) is 16.4 Å². The highest BCUT2D eigenvalue weighted by Gasteiger charge is 2.22. The van der Waals surface area contributed by atoms with E-state index in [1.54, 1.807) is 12.1 Å². The lowest BCUT2D eigenvalue weighted by Gasteiger charge is -2.06. The third-order valence-electron chi connectivity index (χ3n) is 2.52. The van der Waals surface area contributed by atoms with E-state index in [0.717, 1.165) is 5.56 Å². The predicted octanol–water partition coefficient (Wildman–Crippen LogP) is 2.08. The molecule has 0 unspecified atom stereocenters. The van der Waals surface area contributed by atoms with E-state index in [1.807, 2.05) is 18.2 Å². The number of carbonyl (C=O) groups excluding carboxylic acids is 1. The van der Waals surface area contributed by atoms with Gasteiger partial charge in [-0.1, -0.05) is 30.3 Å². The number of ether oxygens (including phenoxy) is 1. The number of carbonyl (C=O) groups is 1. The van der Waals surface area contributed by atoms with Crippen molar-refractivity contribution in [3.63, 3.8) is 0 Å². The lowest BCUT2D eigenvalue weighted by molar-refractivity contribution is -0.388. The molecule has 0 saturated carbocycles. The number of aryl methyl sites for hydroxylation is 1. The number of benzene rings is 1. The van der Waals surface area contributed by atoms with Gasteiger partial charge >= 0.3 is 11.9 Å². The van der Waals surface area contributed by atoms with Gasteiger partial charge in [-0.25, -0.2) is 4.79 Å². The van der Waals surface area contributed by atoms with Gasteiger partial charge in [0.1, 0.15) is 6.61 Å². The molecule has 0 aliphatic heterocycles. The van der Waals surface area contributed by atoms with Crippen molar-refractivity contribution in [3.8, 4) is 0 Å². The minimum atomic E-state index is -0.777. The van der Waals surface area contributed by atoms with Crippen LogP contribution in [-0.4, -0.2) is 20.6 Å². The minimum Gasteiger partial charge on any atom is -0.444 e. The number of amides is 1. The molecule has 20 heavy (non-hydrogen) atoms. The highest BCUT2D eigenvalue weighted by molar-refractivity contribution is 5.85. The molecule has 0 fully saturated rings. The molecule has 8 heteroatoms. The van der Waals surface area contributed by atoms with Gasteiger partial charge < -0.3 is 14.9 Å². The number of nitrogens with zero attached hydrogens (tertiary/aromatic N) is 3. The first kappa shape index (κ1) is 13.5. The van der Waals surface area contributed by atoms with Crippen molar-refractivity contribution < 1.29 is 14.5 Å². The molecule has 0 saturated heterocycles. The van der Waals surface area contributed by atoms with Crippen molar-refractivity contribution in [2.24, 2.45) is 7.05 Å². The van der Waals surface area contributed by atoms with Gasteiger partial charge in [-0.05, 0) is 15.5 Å². The summed E-state index contributed by atoms with van der Waals surface area (Å²) in [5.41, 5.74) is 0.821. The van der Waals surface area contributed by atoms with E-state index in [-0.39, 0.29) is 12.4 Å². The highest BCUT2D eigenvalue weighted by atomic mass is 16.6. The van der Waals surface area contributed by atoms with Crippen LogP contribution in [-0.2, 0) is 18.4 Å². The maximum atomic E-state index is 11.6. The fraction of sp³-hybridized carbons (Fsp3) is 0.167. The van der Waals surface area contributed by atoms with Crippen LogP contribution in [0.25, 0.3) is 0 Å². The molecule has 1 heterocycles. The Morgan fingerprint density at radius 3 is 2.80 bits per heavy atom. The summed E-state index contributed by atoms with van der Waals surface area (Å²) in [6, 6.07) is 9.10. The van der Waals surface area contributed by atoms with Gasteiger partial charge in [-0.3, -0.25) is 9.88 Å². The molecular formula is C12H12N4O4. The summed E-state index contributed by atoms with van der Waals surface area (Å²) >= 11 is 0. The third kappa shape index (κ3) is 3.10. The van der Waals surface area contributed by atoms with Crippen molar-refractivity contribution in [3.05, 3.63) is 52.3 Å². The van der Waals surface area contributed by atoms with E-state index in [4.69, 9.17) is 4.74 Å². The van der Waals surface area contributed by atoms with Crippen LogP contribution in [0.1, 0.15) is 5.56 Å². The van der Waals surface area contributed by atoms with Crippen LogP contribution in [0.3, 0.4) is 0 Å². The Balaban J connectivity index is 1.98. The SMILES string of the molecule is Cn1cnc([N+](=O)[O-])c1NC(=O)OCc1ccccc1. The van der Waals surface area contributed by atoms with Gasteiger partial charge in [-0.2, -0.15) is 0 Å². The molecule has 0 atom stereocenters. The Labute approximate surface area is 114 Å². The Morgan fingerprint density at radius 1 is 1.45 bits per heavy atom. The number of nitrogens with one attached hydrogen (secondary N) is 1. The van der Waals surface area contributed by atoms with Crippen LogP contribution in [0.5, 0.6) is 0 Å².